The van der Waals surface area contributed by atoms with Gasteiger partial charge in [0.2, 0.25) is 0 Å². The first-order valence-corrected chi connectivity index (χ1v) is 8.88. The summed E-state index contributed by atoms with van der Waals surface area (Å²) in [6.45, 7) is 1.03. The van der Waals surface area contributed by atoms with Crippen LogP contribution in [-0.2, 0) is 0 Å². The fraction of sp³-hybridized carbons (Fsp3) is 0.111. The molecule has 0 radical (unpaired) electrons. The highest BCUT2D eigenvalue weighted by Crippen LogP contribution is 2.35. The summed E-state index contributed by atoms with van der Waals surface area (Å²) < 4.78 is 25.8. The van der Waals surface area contributed by atoms with Gasteiger partial charge in [0.1, 0.15) is 31.0 Å². The summed E-state index contributed by atoms with van der Waals surface area (Å²) in [7, 11) is 0. The molecule has 4 N–H and O–H groups in total. The molecule has 0 fully saturated rings. The highest BCUT2D eigenvalue weighted by Gasteiger charge is 2.14. The Morgan fingerprint density at radius 1 is 0.963 bits per heavy atom. The van der Waals surface area contributed by atoms with Crippen LogP contribution in [0.5, 0.6) is 11.5 Å². The zero-order chi connectivity index (χ0) is 18.8. The molecular formula is C18H15BrFN5O2. The van der Waals surface area contributed by atoms with Gasteiger partial charge >= 0.3 is 0 Å². The predicted octanol–water partition coefficient (Wildman–Crippen LogP) is 4.22. The number of benzene rings is 2. The lowest BCUT2D eigenvalue weighted by atomic mass is 10.2. The number of nitrogens with two attached hydrogens (primary N) is 1. The number of hydrogen-bond acceptors (Lipinski definition) is 7. The molecule has 0 spiro atoms. The minimum Gasteiger partial charge on any atom is -0.486 e. The Kier molecular flexibility index (Phi) is 4.68. The Labute approximate surface area is 162 Å². The standard InChI is InChI=1S/C18H15BrFN5O2/c19-10-1-3-13(12(20)7-10)25-18-16(21)17(22-9-23-18)24-11-2-4-14-15(8-11)27-6-5-26-14/h1-4,7-9H,5-6,21H2,(H2,22,23,24,25). The van der Waals surface area contributed by atoms with Gasteiger partial charge in [-0.05, 0) is 30.3 Å². The van der Waals surface area contributed by atoms with Crippen LogP contribution < -0.4 is 25.8 Å². The molecule has 2 aromatic carbocycles. The van der Waals surface area contributed by atoms with Gasteiger partial charge in [0, 0.05) is 16.2 Å². The van der Waals surface area contributed by atoms with Crippen LogP contribution in [0.25, 0.3) is 0 Å². The van der Waals surface area contributed by atoms with E-state index >= 15 is 0 Å². The van der Waals surface area contributed by atoms with Crippen LogP contribution in [0.2, 0.25) is 0 Å². The van der Waals surface area contributed by atoms with Crippen molar-refractivity contribution in [3.8, 4) is 11.5 Å². The average molecular weight is 432 g/mol. The first-order chi connectivity index (χ1) is 13.1. The maximum atomic E-state index is 14.1. The van der Waals surface area contributed by atoms with Crippen LogP contribution in [0, 0.1) is 5.82 Å². The smallest absolute Gasteiger partial charge is 0.163 e. The molecule has 0 bridgehead atoms. The fourth-order valence-corrected chi connectivity index (χ4v) is 2.90. The number of fused-ring (bicyclic) bond motifs is 1. The summed E-state index contributed by atoms with van der Waals surface area (Å²) in [6.07, 6.45) is 1.34. The van der Waals surface area contributed by atoms with Crippen molar-refractivity contribution in [3.63, 3.8) is 0 Å². The average Bonchev–Trinajstić information content (AvgIpc) is 2.67. The number of halogens is 2. The van der Waals surface area contributed by atoms with E-state index in [0.717, 1.165) is 5.69 Å². The van der Waals surface area contributed by atoms with Gasteiger partial charge in [-0.15, -0.1) is 0 Å². The van der Waals surface area contributed by atoms with Gasteiger partial charge in [-0.25, -0.2) is 14.4 Å². The molecule has 7 nitrogen and oxygen atoms in total. The summed E-state index contributed by atoms with van der Waals surface area (Å²) in [5.74, 6) is 1.60. The van der Waals surface area contributed by atoms with E-state index < -0.39 is 5.82 Å². The van der Waals surface area contributed by atoms with Crippen LogP contribution in [0.3, 0.4) is 0 Å². The van der Waals surface area contributed by atoms with E-state index in [1.54, 1.807) is 18.2 Å². The number of aromatic nitrogens is 2. The first kappa shape index (κ1) is 17.3. The molecule has 1 aliphatic rings. The van der Waals surface area contributed by atoms with Gasteiger partial charge in [-0.3, -0.25) is 0 Å². The van der Waals surface area contributed by atoms with E-state index in [1.165, 1.54) is 12.4 Å². The lowest BCUT2D eigenvalue weighted by Gasteiger charge is -2.19. The maximum absolute atomic E-state index is 14.1. The number of ether oxygens (including phenoxy) is 2. The Morgan fingerprint density at radius 2 is 1.70 bits per heavy atom. The minimum absolute atomic E-state index is 0.258. The largest absolute Gasteiger partial charge is 0.486 e. The SMILES string of the molecule is Nc1c(Nc2ccc3c(c2)OCCO3)ncnc1Nc1ccc(Br)cc1F. The van der Waals surface area contributed by atoms with Crippen molar-refractivity contribution in [1.82, 2.24) is 9.97 Å². The van der Waals surface area contributed by atoms with Crippen molar-refractivity contribution in [2.45, 2.75) is 0 Å². The molecule has 138 valence electrons. The maximum Gasteiger partial charge on any atom is 0.163 e. The third kappa shape index (κ3) is 3.72. The normalized spacial score (nSPS) is 12.5. The zero-order valence-electron chi connectivity index (χ0n) is 14.0. The number of hydrogen-bond donors (Lipinski definition) is 3. The van der Waals surface area contributed by atoms with E-state index in [4.69, 9.17) is 15.2 Å². The summed E-state index contributed by atoms with van der Waals surface area (Å²) >= 11 is 3.22. The molecule has 4 rings (SSSR count). The number of nitrogen functional groups attached to an aromatic ring is 1. The Balaban J connectivity index is 1.58. The molecule has 2 heterocycles. The molecule has 0 amide bonds. The Hall–Kier alpha value is -3.07. The number of nitrogens with one attached hydrogen (secondary N) is 2. The quantitative estimate of drug-likeness (QED) is 0.569. The van der Waals surface area contributed by atoms with Gasteiger partial charge in [-0.1, -0.05) is 15.9 Å². The Morgan fingerprint density at radius 3 is 2.48 bits per heavy atom. The molecule has 0 aliphatic carbocycles. The highest BCUT2D eigenvalue weighted by molar-refractivity contribution is 9.10. The van der Waals surface area contributed by atoms with E-state index in [2.05, 4.69) is 36.5 Å². The van der Waals surface area contributed by atoms with E-state index in [-0.39, 0.29) is 11.4 Å². The van der Waals surface area contributed by atoms with Crippen molar-refractivity contribution in [1.29, 1.82) is 0 Å². The molecule has 0 unspecified atom stereocenters. The second kappa shape index (κ2) is 7.28. The van der Waals surface area contributed by atoms with Gasteiger partial charge < -0.3 is 25.8 Å². The van der Waals surface area contributed by atoms with Crippen molar-refractivity contribution < 1.29 is 13.9 Å². The van der Waals surface area contributed by atoms with Gasteiger partial charge in [0.05, 0.1) is 5.69 Å². The second-order valence-corrected chi connectivity index (χ2v) is 6.63. The summed E-state index contributed by atoms with van der Waals surface area (Å²) in [6, 6.07) is 10.1. The molecule has 27 heavy (non-hydrogen) atoms. The lowest BCUT2D eigenvalue weighted by molar-refractivity contribution is 0.171. The fourth-order valence-electron chi connectivity index (χ4n) is 2.57. The summed E-state index contributed by atoms with van der Waals surface area (Å²) in [5.41, 5.74) is 7.40. The topological polar surface area (TPSA) is 94.3 Å². The van der Waals surface area contributed by atoms with Crippen molar-refractivity contribution in [2.75, 3.05) is 29.6 Å². The lowest BCUT2D eigenvalue weighted by Crippen LogP contribution is -2.15. The minimum atomic E-state index is -0.427. The second-order valence-electron chi connectivity index (χ2n) is 5.72. The molecule has 9 heteroatoms. The van der Waals surface area contributed by atoms with Gasteiger partial charge in [0.25, 0.3) is 0 Å². The highest BCUT2D eigenvalue weighted by atomic mass is 79.9. The molecule has 3 aromatic rings. The van der Waals surface area contributed by atoms with E-state index in [0.29, 0.717) is 40.8 Å². The zero-order valence-corrected chi connectivity index (χ0v) is 15.6. The first-order valence-electron chi connectivity index (χ1n) is 8.09. The van der Waals surface area contributed by atoms with Crippen LogP contribution >= 0.6 is 15.9 Å². The van der Waals surface area contributed by atoms with E-state index in [9.17, 15) is 4.39 Å². The summed E-state index contributed by atoms with van der Waals surface area (Å²) in [5, 5.41) is 6.01. The monoisotopic (exact) mass is 431 g/mol. The van der Waals surface area contributed by atoms with Crippen molar-refractivity contribution in [2.24, 2.45) is 0 Å². The molecule has 1 aliphatic heterocycles. The Bertz CT molecular complexity index is 1000. The third-order valence-corrected chi connectivity index (χ3v) is 4.37. The molecule has 0 atom stereocenters. The third-order valence-electron chi connectivity index (χ3n) is 3.87. The predicted molar refractivity (Wildman–Crippen MR) is 105 cm³/mol. The number of rotatable bonds is 4. The van der Waals surface area contributed by atoms with Crippen molar-refractivity contribution in [3.05, 3.63) is 53.0 Å². The summed E-state index contributed by atoms with van der Waals surface area (Å²) in [4.78, 5) is 8.26. The van der Waals surface area contributed by atoms with Crippen LogP contribution in [0.4, 0.5) is 33.1 Å². The number of nitrogens with zero attached hydrogens (tertiary/aromatic N) is 2. The van der Waals surface area contributed by atoms with Crippen molar-refractivity contribution >= 4 is 44.6 Å². The molecule has 0 saturated carbocycles. The number of anilines is 5. The molecule has 1 aromatic heterocycles. The van der Waals surface area contributed by atoms with Crippen LogP contribution in [-0.4, -0.2) is 23.2 Å². The van der Waals surface area contributed by atoms with Crippen LogP contribution in [0.1, 0.15) is 0 Å². The van der Waals surface area contributed by atoms with Crippen LogP contribution in [0.15, 0.2) is 47.2 Å². The van der Waals surface area contributed by atoms with E-state index in [1.807, 2.05) is 12.1 Å². The van der Waals surface area contributed by atoms with Gasteiger partial charge in [0.15, 0.2) is 23.1 Å². The molecular weight excluding hydrogens is 417 g/mol. The van der Waals surface area contributed by atoms with Gasteiger partial charge in [-0.2, -0.15) is 0 Å². The molecule has 0 saturated heterocycles.